The Kier molecular flexibility index (Phi) is 6.06. The molecule has 6 nitrogen and oxygen atoms in total. The van der Waals surface area contributed by atoms with Gasteiger partial charge in [0.15, 0.2) is 11.5 Å². The summed E-state index contributed by atoms with van der Waals surface area (Å²) < 4.78 is 11.0. The molecule has 0 spiro atoms. The first-order valence-corrected chi connectivity index (χ1v) is 8.25. The quantitative estimate of drug-likeness (QED) is 0.829. The van der Waals surface area contributed by atoms with E-state index in [9.17, 15) is 9.59 Å². The van der Waals surface area contributed by atoms with Crippen molar-refractivity contribution in [3.8, 4) is 11.5 Å². The maximum atomic E-state index is 12.5. The molecule has 0 aromatic heterocycles. The van der Waals surface area contributed by atoms with Gasteiger partial charge in [0, 0.05) is 18.7 Å². The van der Waals surface area contributed by atoms with Gasteiger partial charge in [-0.1, -0.05) is 13.8 Å². The molecule has 1 heterocycles. The van der Waals surface area contributed by atoms with Crippen LogP contribution in [0.15, 0.2) is 18.2 Å². The number of rotatable bonds is 7. The highest BCUT2D eigenvalue weighted by molar-refractivity contribution is 5.95. The van der Waals surface area contributed by atoms with E-state index < -0.39 is 11.9 Å². The molecule has 132 valence electrons. The molecule has 1 aliphatic rings. The van der Waals surface area contributed by atoms with Crippen molar-refractivity contribution >= 4 is 11.9 Å². The predicted octanol–water partition coefficient (Wildman–Crippen LogP) is 2.67. The Balaban J connectivity index is 2.05. The van der Waals surface area contributed by atoms with Gasteiger partial charge in [-0.3, -0.25) is 9.59 Å². The zero-order chi connectivity index (χ0) is 17.7. The van der Waals surface area contributed by atoms with Gasteiger partial charge >= 0.3 is 5.97 Å². The van der Waals surface area contributed by atoms with Crippen LogP contribution >= 0.6 is 0 Å². The summed E-state index contributed by atoms with van der Waals surface area (Å²) in [7, 11) is 1.54. The van der Waals surface area contributed by atoms with Crippen molar-refractivity contribution in [3.05, 3.63) is 23.8 Å². The molecule has 1 fully saturated rings. The van der Waals surface area contributed by atoms with Crippen LogP contribution in [0.25, 0.3) is 0 Å². The van der Waals surface area contributed by atoms with Crippen molar-refractivity contribution in [1.82, 2.24) is 4.90 Å². The number of amides is 1. The molecular formula is C18H25NO5. The predicted molar refractivity (Wildman–Crippen MR) is 89.6 cm³/mol. The van der Waals surface area contributed by atoms with Crippen LogP contribution in [-0.4, -0.2) is 48.7 Å². The lowest BCUT2D eigenvalue weighted by Gasteiger charge is -2.17. The fourth-order valence-corrected chi connectivity index (χ4v) is 2.65. The van der Waals surface area contributed by atoms with E-state index in [1.54, 1.807) is 23.1 Å². The first kappa shape index (κ1) is 18.1. The number of ether oxygens (including phenoxy) is 2. The van der Waals surface area contributed by atoms with Crippen LogP contribution in [0.1, 0.15) is 37.0 Å². The molecule has 24 heavy (non-hydrogen) atoms. The van der Waals surface area contributed by atoms with Gasteiger partial charge in [0.2, 0.25) is 0 Å². The maximum Gasteiger partial charge on any atom is 0.308 e. The molecular weight excluding hydrogens is 310 g/mol. The van der Waals surface area contributed by atoms with Crippen molar-refractivity contribution in [2.45, 2.75) is 26.7 Å². The molecule has 1 atom stereocenters. The number of hydrogen-bond acceptors (Lipinski definition) is 4. The second kappa shape index (κ2) is 8.04. The molecule has 1 aliphatic heterocycles. The van der Waals surface area contributed by atoms with Gasteiger partial charge in [-0.15, -0.1) is 0 Å². The maximum absolute atomic E-state index is 12.5. The molecule has 1 aromatic rings. The molecule has 1 saturated heterocycles. The first-order valence-electron chi connectivity index (χ1n) is 8.25. The summed E-state index contributed by atoms with van der Waals surface area (Å²) >= 11 is 0. The van der Waals surface area contributed by atoms with Crippen molar-refractivity contribution < 1.29 is 24.2 Å². The second-order valence-electron chi connectivity index (χ2n) is 6.47. The van der Waals surface area contributed by atoms with E-state index in [1.807, 2.05) is 0 Å². The monoisotopic (exact) mass is 335 g/mol. The smallest absolute Gasteiger partial charge is 0.308 e. The summed E-state index contributed by atoms with van der Waals surface area (Å²) in [5.41, 5.74) is 0.481. The molecule has 0 saturated carbocycles. The Morgan fingerprint density at radius 2 is 2.08 bits per heavy atom. The third kappa shape index (κ3) is 4.40. The third-order valence-corrected chi connectivity index (χ3v) is 4.19. The van der Waals surface area contributed by atoms with Crippen molar-refractivity contribution in [2.24, 2.45) is 11.8 Å². The van der Waals surface area contributed by atoms with E-state index in [2.05, 4.69) is 13.8 Å². The fraction of sp³-hybridized carbons (Fsp3) is 0.556. The average Bonchev–Trinajstić information content (AvgIpc) is 3.04. The molecule has 0 aliphatic carbocycles. The highest BCUT2D eigenvalue weighted by Crippen LogP contribution is 2.29. The standard InChI is InChI=1S/C18H25NO5/c1-12(2)7-9-24-15-5-4-13(10-16(15)23-3)17(20)19-8-6-14(11-19)18(21)22/h4-5,10,12,14H,6-9,11H2,1-3H3,(H,21,22). The zero-order valence-corrected chi connectivity index (χ0v) is 14.4. The Labute approximate surface area is 142 Å². The van der Waals surface area contributed by atoms with Crippen LogP contribution in [0.3, 0.4) is 0 Å². The number of aliphatic carboxylic acids is 1. The topological polar surface area (TPSA) is 76.1 Å². The highest BCUT2D eigenvalue weighted by atomic mass is 16.5. The number of likely N-dealkylation sites (tertiary alicyclic amines) is 1. The fourth-order valence-electron chi connectivity index (χ4n) is 2.65. The summed E-state index contributed by atoms with van der Waals surface area (Å²) in [6, 6.07) is 5.09. The Morgan fingerprint density at radius 1 is 1.33 bits per heavy atom. The summed E-state index contributed by atoms with van der Waals surface area (Å²) in [4.78, 5) is 25.1. The number of hydrogen-bond donors (Lipinski definition) is 1. The summed E-state index contributed by atoms with van der Waals surface area (Å²) in [6.07, 6.45) is 1.43. The number of carboxylic acid groups (broad SMARTS) is 1. The minimum absolute atomic E-state index is 0.175. The first-order chi connectivity index (χ1) is 11.4. The lowest BCUT2D eigenvalue weighted by molar-refractivity contribution is -0.141. The Hall–Kier alpha value is -2.24. The average molecular weight is 335 g/mol. The van der Waals surface area contributed by atoms with Gasteiger partial charge in [-0.05, 0) is 37.0 Å². The van der Waals surface area contributed by atoms with Gasteiger partial charge in [-0.25, -0.2) is 0 Å². The van der Waals surface area contributed by atoms with Gasteiger partial charge in [0.1, 0.15) is 0 Å². The minimum atomic E-state index is -0.850. The number of carboxylic acids is 1. The van der Waals surface area contributed by atoms with E-state index in [0.29, 0.717) is 42.6 Å². The van der Waals surface area contributed by atoms with Gasteiger partial charge in [0.05, 0.1) is 19.6 Å². The van der Waals surface area contributed by atoms with Crippen LogP contribution in [0.2, 0.25) is 0 Å². The molecule has 0 bridgehead atoms. The van der Waals surface area contributed by atoms with Crippen LogP contribution in [-0.2, 0) is 4.79 Å². The van der Waals surface area contributed by atoms with E-state index >= 15 is 0 Å². The van der Waals surface area contributed by atoms with Crippen molar-refractivity contribution in [3.63, 3.8) is 0 Å². The molecule has 1 aromatic carbocycles. The zero-order valence-electron chi connectivity index (χ0n) is 14.4. The van der Waals surface area contributed by atoms with Gasteiger partial charge in [0.25, 0.3) is 5.91 Å². The molecule has 2 rings (SSSR count). The van der Waals surface area contributed by atoms with Gasteiger partial charge < -0.3 is 19.5 Å². The van der Waals surface area contributed by atoms with E-state index in [-0.39, 0.29) is 12.5 Å². The van der Waals surface area contributed by atoms with Crippen molar-refractivity contribution in [2.75, 3.05) is 26.8 Å². The number of nitrogens with zero attached hydrogens (tertiary/aromatic N) is 1. The number of carbonyl (C=O) groups is 2. The molecule has 6 heteroatoms. The Bertz CT molecular complexity index is 599. The SMILES string of the molecule is COc1cc(C(=O)N2CCC(C(=O)O)C2)ccc1OCCC(C)C. The summed E-state index contributed by atoms with van der Waals surface area (Å²) in [5, 5.41) is 9.05. The van der Waals surface area contributed by atoms with Crippen LogP contribution in [0, 0.1) is 11.8 Å². The lowest BCUT2D eigenvalue weighted by atomic mass is 10.1. The third-order valence-electron chi connectivity index (χ3n) is 4.19. The Morgan fingerprint density at radius 3 is 2.67 bits per heavy atom. The minimum Gasteiger partial charge on any atom is -0.493 e. The largest absolute Gasteiger partial charge is 0.493 e. The normalized spacial score (nSPS) is 17.2. The number of carbonyl (C=O) groups excluding carboxylic acids is 1. The van der Waals surface area contributed by atoms with Crippen LogP contribution in [0.5, 0.6) is 11.5 Å². The second-order valence-corrected chi connectivity index (χ2v) is 6.47. The molecule has 0 radical (unpaired) electrons. The van der Waals surface area contributed by atoms with E-state index in [1.165, 1.54) is 7.11 Å². The number of benzene rings is 1. The lowest BCUT2D eigenvalue weighted by Crippen LogP contribution is -2.29. The van der Waals surface area contributed by atoms with Gasteiger partial charge in [-0.2, -0.15) is 0 Å². The van der Waals surface area contributed by atoms with Crippen molar-refractivity contribution in [1.29, 1.82) is 0 Å². The summed E-state index contributed by atoms with van der Waals surface area (Å²) in [6.45, 7) is 5.56. The molecule has 1 unspecified atom stereocenters. The van der Waals surface area contributed by atoms with E-state index in [0.717, 1.165) is 6.42 Å². The van der Waals surface area contributed by atoms with Crippen LogP contribution < -0.4 is 9.47 Å². The summed E-state index contributed by atoms with van der Waals surface area (Å²) in [5.74, 6) is 0.171. The molecule has 1 N–H and O–H groups in total. The van der Waals surface area contributed by atoms with E-state index in [4.69, 9.17) is 14.6 Å². The molecule has 1 amide bonds. The highest BCUT2D eigenvalue weighted by Gasteiger charge is 2.31. The number of methoxy groups -OCH3 is 1. The van der Waals surface area contributed by atoms with Crippen LogP contribution in [0.4, 0.5) is 0 Å².